The van der Waals surface area contributed by atoms with E-state index in [9.17, 15) is 4.79 Å². The first-order valence-electron chi connectivity index (χ1n) is 9.85. The summed E-state index contributed by atoms with van der Waals surface area (Å²) in [6.07, 6.45) is 1.67. The molecular weight excluding hydrogens is 384 g/mol. The third kappa shape index (κ3) is 4.22. The number of benzene rings is 2. The van der Waals surface area contributed by atoms with Crippen molar-refractivity contribution in [2.24, 2.45) is 5.92 Å². The summed E-state index contributed by atoms with van der Waals surface area (Å²) in [6, 6.07) is 15.3. The van der Waals surface area contributed by atoms with Crippen molar-refractivity contribution in [2.45, 2.75) is 12.8 Å². The lowest BCUT2D eigenvalue weighted by atomic mass is 9.97. The highest BCUT2D eigenvalue weighted by Gasteiger charge is 2.29. The summed E-state index contributed by atoms with van der Waals surface area (Å²) in [5, 5.41) is 7.07. The second kappa shape index (κ2) is 8.86. The zero-order valence-corrected chi connectivity index (χ0v) is 17.0. The number of para-hydroxylation sites is 2. The fourth-order valence-corrected chi connectivity index (χ4v) is 3.55. The normalized spacial score (nSPS) is 16.2. The van der Waals surface area contributed by atoms with Crippen molar-refractivity contribution in [3.8, 4) is 22.9 Å². The quantitative estimate of drug-likeness (QED) is 0.666. The summed E-state index contributed by atoms with van der Waals surface area (Å²) < 4.78 is 16.0. The van der Waals surface area contributed by atoms with Crippen LogP contribution in [0, 0.1) is 5.92 Å². The molecule has 1 aromatic heterocycles. The molecule has 0 bridgehead atoms. The van der Waals surface area contributed by atoms with Crippen molar-refractivity contribution in [2.75, 3.05) is 37.5 Å². The van der Waals surface area contributed by atoms with Crippen molar-refractivity contribution < 1.29 is 18.8 Å². The third-order valence-electron chi connectivity index (χ3n) is 5.19. The molecule has 1 saturated heterocycles. The van der Waals surface area contributed by atoms with Gasteiger partial charge in [0.05, 0.1) is 25.8 Å². The molecule has 156 valence electrons. The maximum atomic E-state index is 12.8. The molecule has 4 rings (SSSR count). The summed E-state index contributed by atoms with van der Waals surface area (Å²) >= 11 is 0. The average molecular weight is 408 g/mol. The Kier molecular flexibility index (Phi) is 5.83. The number of hydrogen-bond donors (Lipinski definition) is 1. The average Bonchev–Trinajstić information content (AvgIpc) is 3.30. The molecule has 1 fully saturated rings. The van der Waals surface area contributed by atoms with Crippen molar-refractivity contribution in [3.63, 3.8) is 0 Å². The molecule has 0 saturated carbocycles. The number of aromatic nitrogens is 2. The molecule has 1 N–H and O–H groups in total. The van der Waals surface area contributed by atoms with Gasteiger partial charge in [0.25, 0.3) is 0 Å². The van der Waals surface area contributed by atoms with Crippen molar-refractivity contribution >= 4 is 17.6 Å². The van der Waals surface area contributed by atoms with Crippen LogP contribution in [0.3, 0.4) is 0 Å². The van der Waals surface area contributed by atoms with Crippen LogP contribution >= 0.6 is 0 Å². The Hall–Kier alpha value is -3.55. The van der Waals surface area contributed by atoms with Gasteiger partial charge in [0.2, 0.25) is 11.7 Å². The molecule has 2 heterocycles. The number of methoxy groups -OCH3 is 2. The molecular formula is C22H24N4O4. The topological polar surface area (TPSA) is 89.7 Å². The number of hydrogen-bond acceptors (Lipinski definition) is 7. The van der Waals surface area contributed by atoms with Crippen LogP contribution in [-0.2, 0) is 4.79 Å². The zero-order valence-electron chi connectivity index (χ0n) is 17.0. The number of piperidine rings is 1. The van der Waals surface area contributed by atoms with E-state index in [4.69, 9.17) is 14.0 Å². The maximum absolute atomic E-state index is 12.8. The van der Waals surface area contributed by atoms with Crippen molar-refractivity contribution in [1.82, 2.24) is 10.1 Å². The summed E-state index contributed by atoms with van der Waals surface area (Å²) in [5.41, 5.74) is 1.51. The van der Waals surface area contributed by atoms with Gasteiger partial charge in [-0.3, -0.25) is 4.79 Å². The summed E-state index contributed by atoms with van der Waals surface area (Å²) in [6.45, 7) is 1.29. The Bertz CT molecular complexity index is 1000. The van der Waals surface area contributed by atoms with Crippen LogP contribution in [0.4, 0.5) is 11.7 Å². The molecule has 1 aliphatic heterocycles. The van der Waals surface area contributed by atoms with Gasteiger partial charge in [-0.25, -0.2) is 0 Å². The smallest absolute Gasteiger partial charge is 0.324 e. The van der Waals surface area contributed by atoms with Crippen LogP contribution in [0.25, 0.3) is 11.4 Å². The summed E-state index contributed by atoms with van der Waals surface area (Å²) in [5.74, 6) is 1.69. The standard InChI is InChI=1S/C22H24N4O4/c1-28-17-11-9-15(10-12-17)20-24-22(30-25-20)26-13-5-6-16(14-26)21(27)23-18-7-3-4-8-19(18)29-2/h3-4,7-12,16H,5-6,13-14H2,1-2H3,(H,23,27). The third-order valence-corrected chi connectivity index (χ3v) is 5.19. The van der Waals surface area contributed by atoms with Gasteiger partial charge in [0.1, 0.15) is 11.5 Å². The number of carbonyl (C=O) groups is 1. The van der Waals surface area contributed by atoms with E-state index >= 15 is 0 Å². The first-order valence-corrected chi connectivity index (χ1v) is 9.85. The minimum atomic E-state index is -0.181. The van der Waals surface area contributed by atoms with E-state index in [1.165, 1.54) is 0 Å². The van der Waals surface area contributed by atoms with Gasteiger partial charge in [-0.1, -0.05) is 17.3 Å². The van der Waals surface area contributed by atoms with Crippen molar-refractivity contribution in [3.05, 3.63) is 48.5 Å². The molecule has 8 nitrogen and oxygen atoms in total. The highest BCUT2D eigenvalue weighted by molar-refractivity contribution is 5.94. The van der Waals surface area contributed by atoms with Gasteiger partial charge in [-0.2, -0.15) is 4.98 Å². The van der Waals surface area contributed by atoms with E-state index in [1.54, 1.807) is 14.2 Å². The molecule has 1 atom stereocenters. The molecule has 8 heteroatoms. The second-order valence-electron chi connectivity index (χ2n) is 7.10. The highest BCUT2D eigenvalue weighted by atomic mass is 16.5. The SMILES string of the molecule is COc1ccc(-c2noc(N3CCCC(C(=O)Nc4ccccc4OC)C3)n2)cc1. The van der Waals surface area contributed by atoms with Crippen LogP contribution in [-0.4, -0.2) is 43.4 Å². The molecule has 1 amide bonds. The molecule has 1 unspecified atom stereocenters. The van der Waals surface area contributed by atoms with Gasteiger partial charge < -0.3 is 24.2 Å². The Morgan fingerprint density at radius 2 is 1.93 bits per heavy atom. The fraction of sp³-hybridized carbons (Fsp3) is 0.318. The lowest BCUT2D eigenvalue weighted by Crippen LogP contribution is -2.41. The Balaban J connectivity index is 1.43. The van der Waals surface area contributed by atoms with Crippen molar-refractivity contribution in [1.29, 1.82) is 0 Å². The van der Waals surface area contributed by atoms with Gasteiger partial charge in [0.15, 0.2) is 0 Å². The number of rotatable bonds is 6. The second-order valence-corrected chi connectivity index (χ2v) is 7.10. The highest BCUT2D eigenvalue weighted by Crippen LogP contribution is 2.28. The fourth-order valence-electron chi connectivity index (χ4n) is 3.55. The molecule has 1 aliphatic rings. The molecule has 2 aromatic carbocycles. The number of nitrogens with zero attached hydrogens (tertiary/aromatic N) is 3. The maximum Gasteiger partial charge on any atom is 0.324 e. The largest absolute Gasteiger partial charge is 0.497 e. The Morgan fingerprint density at radius 1 is 1.13 bits per heavy atom. The van der Waals surface area contributed by atoms with Crippen LogP contribution < -0.4 is 19.7 Å². The molecule has 0 radical (unpaired) electrons. The predicted octanol–water partition coefficient (Wildman–Crippen LogP) is 3.61. The lowest BCUT2D eigenvalue weighted by molar-refractivity contribution is -0.120. The Morgan fingerprint density at radius 3 is 2.70 bits per heavy atom. The van der Waals surface area contributed by atoms with Crippen LogP contribution in [0.5, 0.6) is 11.5 Å². The number of nitrogens with one attached hydrogen (secondary N) is 1. The number of amides is 1. The molecule has 0 aliphatic carbocycles. The van der Waals surface area contributed by atoms with E-state index in [-0.39, 0.29) is 11.8 Å². The van der Waals surface area contributed by atoms with E-state index in [2.05, 4.69) is 15.5 Å². The number of anilines is 2. The van der Waals surface area contributed by atoms with Crippen LogP contribution in [0.15, 0.2) is 53.1 Å². The van der Waals surface area contributed by atoms with E-state index in [0.717, 1.165) is 30.7 Å². The summed E-state index contributed by atoms with van der Waals surface area (Å²) in [7, 11) is 3.21. The van der Waals surface area contributed by atoms with E-state index in [1.807, 2.05) is 53.4 Å². The van der Waals surface area contributed by atoms with E-state index < -0.39 is 0 Å². The molecule has 30 heavy (non-hydrogen) atoms. The van der Waals surface area contributed by atoms with Gasteiger partial charge >= 0.3 is 6.01 Å². The Labute approximate surface area is 174 Å². The van der Waals surface area contributed by atoms with Crippen LogP contribution in [0.2, 0.25) is 0 Å². The zero-order chi connectivity index (χ0) is 20.9. The minimum absolute atomic E-state index is 0.0425. The van der Waals surface area contributed by atoms with Gasteiger partial charge in [-0.15, -0.1) is 0 Å². The summed E-state index contributed by atoms with van der Waals surface area (Å²) in [4.78, 5) is 19.3. The number of carbonyl (C=O) groups excluding carboxylic acids is 1. The van der Waals surface area contributed by atoms with Crippen LogP contribution in [0.1, 0.15) is 12.8 Å². The van der Waals surface area contributed by atoms with Gasteiger partial charge in [-0.05, 0) is 49.2 Å². The lowest BCUT2D eigenvalue weighted by Gasteiger charge is -2.30. The molecule has 3 aromatic rings. The predicted molar refractivity (Wildman–Crippen MR) is 113 cm³/mol. The number of ether oxygens (including phenoxy) is 2. The first kappa shape index (κ1) is 19.8. The first-order chi connectivity index (χ1) is 14.7. The van der Waals surface area contributed by atoms with Gasteiger partial charge in [0, 0.05) is 18.7 Å². The minimum Gasteiger partial charge on any atom is -0.497 e. The van der Waals surface area contributed by atoms with E-state index in [0.29, 0.717) is 29.8 Å². The molecule has 0 spiro atoms. The monoisotopic (exact) mass is 408 g/mol.